The quantitative estimate of drug-likeness (QED) is 0.791. The number of hydrogen-bond acceptors (Lipinski definition) is 4. The number of rotatable bonds is 6. The van der Waals surface area contributed by atoms with E-state index in [1.807, 2.05) is 4.90 Å². The molecule has 0 aromatic heterocycles. The Morgan fingerprint density at radius 3 is 2.76 bits per heavy atom. The summed E-state index contributed by atoms with van der Waals surface area (Å²) in [5.74, 6) is -2.61. The van der Waals surface area contributed by atoms with Gasteiger partial charge in [0.1, 0.15) is 0 Å². The van der Waals surface area contributed by atoms with Gasteiger partial charge in [-0.2, -0.15) is 8.78 Å². The van der Waals surface area contributed by atoms with E-state index in [-0.39, 0.29) is 25.1 Å². The highest BCUT2D eigenvalue weighted by Gasteiger charge is 2.25. The smallest absolute Gasteiger partial charge is 0.288 e. The highest BCUT2D eigenvalue weighted by atomic mass is 32.2. The predicted molar refractivity (Wildman–Crippen MR) is 78.6 cm³/mol. The van der Waals surface area contributed by atoms with E-state index in [1.54, 1.807) is 24.3 Å². The van der Waals surface area contributed by atoms with Crippen LogP contribution in [0, 0.1) is 0 Å². The number of amides is 1. The number of thioether (sulfide) groups is 1. The van der Waals surface area contributed by atoms with Gasteiger partial charge in [-0.05, 0) is 43.7 Å². The van der Waals surface area contributed by atoms with Gasteiger partial charge in [-0.25, -0.2) is 0 Å². The van der Waals surface area contributed by atoms with Crippen molar-refractivity contribution < 1.29 is 18.7 Å². The highest BCUT2D eigenvalue weighted by molar-refractivity contribution is 7.99. The second-order valence-electron chi connectivity index (χ2n) is 4.90. The summed E-state index contributed by atoms with van der Waals surface area (Å²) in [5.41, 5.74) is 0.582. The van der Waals surface area contributed by atoms with Gasteiger partial charge in [0.25, 0.3) is 5.76 Å². The van der Waals surface area contributed by atoms with Crippen LogP contribution < -0.4 is 5.32 Å². The third kappa shape index (κ3) is 4.94. The van der Waals surface area contributed by atoms with Crippen LogP contribution in [-0.4, -0.2) is 47.4 Å². The van der Waals surface area contributed by atoms with Crippen molar-refractivity contribution in [2.24, 2.45) is 0 Å². The van der Waals surface area contributed by atoms with Crippen molar-refractivity contribution >= 4 is 23.4 Å². The fraction of sp³-hybridized carbons (Fsp3) is 0.500. The minimum absolute atomic E-state index is 0.0561. The van der Waals surface area contributed by atoms with E-state index in [1.165, 1.54) is 0 Å². The number of carbonyl (C=O) groups excluding carboxylic acids is 1. The molecule has 1 atom stereocenters. The Hall–Kier alpha value is -1.18. The highest BCUT2D eigenvalue weighted by Crippen LogP contribution is 2.26. The zero-order chi connectivity index (χ0) is 15.2. The van der Waals surface area contributed by atoms with E-state index in [9.17, 15) is 18.7 Å². The van der Waals surface area contributed by atoms with Crippen LogP contribution in [-0.2, 0) is 4.79 Å². The largest absolute Gasteiger partial charge is 0.395 e. The standard InChI is InChI=1S/C14H18F2N2O2S/c15-14(16)21-12-5-3-10(4-6-12)17-13(20)8-18-7-1-2-11(18)9-19/h3-6,11,14,19H,1-2,7-9H2,(H,17,20)/t11-/m1/s1. The van der Waals surface area contributed by atoms with Crippen LogP contribution in [0.15, 0.2) is 29.2 Å². The van der Waals surface area contributed by atoms with Gasteiger partial charge >= 0.3 is 0 Å². The molecule has 2 rings (SSSR count). The van der Waals surface area contributed by atoms with Crippen molar-refractivity contribution in [3.05, 3.63) is 24.3 Å². The molecule has 1 fully saturated rings. The Labute approximate surface area is 126 Å². The summed E-state index contributed by atoms with van der Waals surface area (Å²) in [7, 11) is 0. The number of nitrogens with zero attached hydrogens (tertiary/aromatic N) is 1. The van der Waals surface area contributed by atoms with Gasteiger partial charge in [0.05, 0.1) is 13.2 Å². The number of aliphatic hydroxyl groups excluding tert-OH is 1. The van der Waals surface area contributed by atoms with Crippen molar-refractivity contribution in [1.82, 2.24) is 4.90 Å². The second kappa shape index (κ2) is 7.72. The Balaban J connectivity index is 1.85. The zero-order valence-corrected chi connectivity index (χ0v) is 12.3. The van der Waals surface area contributed by atoms with Crippen molar-refractivity contribution in [1.29, 1.82) is 0 Å². The summed E-state index contributed by atoms with van der Waals surface area (Å²) in [6, 6.07) is 6.38. The summed E-state index contributed by atoms with van der Waals surface area (Å²) in [6.45, 7) is 1.11. The maximum absolute atomic E-state index is 12.2. The van der Waals surface area contributed by atoms with Gasteiger partial charge in [0, 0.05) is 16.6 Å². The van der Waals surface area contributed by atoms with E-state index in [0.717, 1.165) is 19.4 Å². The molecule has 1 saturated heterocycles. The van der Waals surface area contributed by atoms with E-state index in [4.69, 9.17) is 0 Å². The lowest BCUT2D eigenvalue weighted by atomic mass is 10.2. The summed E-state index contributed by atoms with van der Waals surface area (Å²) in [6.07, 6.45) is 1.89. The number of alkyl halides is 2. The number of nitrogens with one attached hydrogen (secondary N) is 1. The molecule has 7 heteroatoms. The summed E-state index contributed by atoms with van der Waals surface area (Å²) in [4.78, 5) is 14.3. The van der Waals surface area contributed by atoms with E-state index in [0.29, 0.717) is 22.3 Å². The Bertz CT molecular complexity index is 471. The molecule has 116 valence electrons. The molecule has 0 bridgehead atoms. The molecule has 21 heavy (non-hydrogen) atoms. The van der Waals surface area contributed by atoms with Gasteiger partial charge in [-0.3, -0.25) is 9.69 Å². The summed E-state index contributed by atoms with van der Waals surface area (Å²) >= 11 is 0.473. The average Bonchev–Trinajstić information content (AvgIpc) is 2.87. The molecule has 0 spiro atoms. The normalized spacial score (nSPS) is 19.1. The van der Waals surface area contributed by atoms with Crippen LogP contribution in [0.1, 0.15) is 12.8 Å². The third-order valence-electron chi connectivity index (χ3n) is 3.42. The van der Waals surface area contributed by atoms with Gasteiger partial charge in [0.15, 0.2) is 0 Å². The average molecular weight is 316 g/mol. The van der Waals surface area contributed by atoms with Crippen LogP contribution in [0.25, 0.3) is 0 Å². The van der Waals surface area contributed by atoms with E-state index < -0.39 is 5.76 Å². The molecule has 1 aromatic carbocycles. The van der Waals surface area contributed by atoms with Crippen molar-refractivity contribution in [2.75, 3.05) is 25.0 Å². The molecule has 0 saturated carbocycles. The maximum Gasteiger partial charge on any atom is 0.288 e. The van der Waals surface area contributed by atoms with Gasteiger partial charge < -0.3 is 10.4 Å². The minimum atomic E-state index is -2.45. The third-order valence-corrected chi connectivity index (χ3v) is 4.14. The topological polar surface area (TPSA) is 52.6 Å². The molecule has 1 heterocycles. The van der Waals surface area contributed by atoms with Gasteiger partial charge in [-0.1, -0.05) is 11.8 Å². The summed E-state index contributed by atoms with van der Waals surface area (Å²) < 4.78 is 24.4. The van der Waals surface area contributed by atoms with E-state index in [2.05, 4.69) is 5.32 Å². The van der Waals surface area contributed by atoms with Crippen LogP contribution in [0.3, 0.4) is 0 Å². The lowest BCUT2D eigenvalue weighted by Gasteiger charge is -2.21. The lowest BCUT2D eigenvalue weighted by molar-refractivity contribution is -0.117. The SMILES string of the molecule is O=C(CN1CCC[C@@H]1CO)Nc1ccc(SC(F)F)cc1. The van der Waals surface area contributed by atoms with Crippen molar-refractivity contribution in [3.8, 4) is 0 Å². The molecule has 1 amide bonds. The van der Waals surface area contributed by atoms with Crippen LogP contribution in [0.5, 0.6) is 0 Å². The lowest BCUT2D eigenvalue weighted by Crippen LogP contribution is -2.38. The van der Waals surface area contributed by atoms with Crippen LogP contribution in [0.2, 0.25) is 0 Å². The van der Waals surface area contributed by atoms with Crippen molar-refractivity contribution in [2.45, 2.75) is 29.5 Å². The molecule has 4 nitrogen and oxygen atoms in total. The zero-order valence-electron chi connectivity index (χ0n) is 11.5. The number of halogens is 2. The fourth-order valence-electron chi connectivity index (χ4n) is 2.41. The molecule has 1 aliphatic rings. The first kappa shape index (κ1) is 16.2. The first-order valence-electron chi connectivity index (χ1n) is 6.78. The Kier molecular flexibility index (Phi) is 5.96. The Morgan fingerprint density at radius 2 is 2.14 bits per heavy atom. The van der Waals surface area contributed by atoms with Crippen molar-refractivity contribution in [3.63, 3.8) is 0 Å². The number of carbonyl (C=O) groups is 1. The second-order valence-corrected chi connectivity index (χ2v) is 5.96. The number of anilines is 1. The molecular formula is C14H18F2N2O2S. The van der Waals surface area contributed by atoms with Crippen LogP contribution >= 0.6 is 11.8 Å². The summed E-state index contributed by atoms with van der Waals surface area (Å²) in [5, 5.41) is 11.9. The molecule has 0 radical (unpaired) electrons. The molecule has 1 aromatic rings. The number of hydrogen-bond donors (Lipinski definition) is 2. The Morgan fingerprint density at radius 1 is 1.43 bits per heavy atom. The number of benzene rings is 1. The van der Waals surface area contributed by atoms with Gasteiger partial charge in [-0.15, -0.1) is 0 Å². The maximum atomic E-state index is 12.2. The first-order valence-corrected chi connectivity index (χ1v) is 7.66. The predicted octanol–water partition coefficient (Wildman–Crippen LogP) is 2.40. The molecule has 0 unspecified atom stereocenters. The monoisotopic (exact) mass is 316 g/mol. The first-order chi connectivity index (χ1) is 10.1. The number of likely N-dealkylation sites (tertiary alicyclic amines) is 1. The molecule has 0 aliphatic carbocycles. The molecule has 1 aliphatic heterocycles. The van der Waals surface area contributed by atoms with E-state index >= 15 is 0 Å². The minimum Gasteiger partial charge on any atom is -0.395 e. The van der Waals surface area contributed by atoms with Gasteiger partial charge in [0.2, 0.25) is 5.91 Å². The number of aliphatic hydroxyl groups is 1. The molecular weight excluding hydrogens is 298 g/mol. The fourth-order valence-corrected chi connectivity index (χ4v) is 2.91. The van der Waals surface area contributed by atoms with Crippen LogP contribution in [0.4, 0.5) is 14.5 Å². The molecule has 2 N–H and O–H groups in total.